The topological polar surface area (TPSA) is 75.3 Å². The average molecular weight is 358 g/mol. The third-order valence-electron chi connectivity index (χ3n) is 4.63. The number of carbonyl (C=O) groups excluding carboxylic acids is 1. The first-order valence-electron chi connectivity index (χ1n) is 8.44. The summed E-state index contributed by atoms with van der Waals surface area (Å²) in [4.78, 5) is 11.6. The van der Waals surface area contributed by atoms with E-state index < -0.39 is 10.0 Å². The monoisotopic (exact) mass is 358 g/mol. The van der Waals surface area contributed by atoms with Crippen LogP contribution in [0.4, 0.5) is 11.4 Å². The molecule has 0 fully saturated rings. The third-order valence-corrected chi connectivity index (χ3v) is 6.01. The first-order valence-corrected chi connectivity index (χ1v) is 9.93. The highest BCUT2D eigenvalue weighted by Gasteiger charge is 2.20. The van der Waals surface area contributed by atoms with Crippen LogP contribution < -0.4 is 10.0 Å². The van der Waals surface area contributed by atoms with E-state index in [1.807, 2.05) is 12.1 Å². The molecule has 0 spiro atoms. The molecule has 1 atom stereocenters. The highest BCUT2D eigenvalue weighted by molar-refractivity contribution is 7.92. The van der Waals surface area contributed by atoms with Crippen molar-refractivity contribution >= 4 is 27.3 Å². The molecule has 1 aliphatic heterocycles. The van der Waals surface area contributed by atoms with Crippen molar-refractivity contribution in [3.63, 3.8) is 0 Å². The van der Waals surface area contributed by atoms with Crippen LogP contribution in [0.3, 0.4) is 0 Å². The molecule has 0 unspecified atom stereocenters. The van der Waals surface area contributed by atoms with Crippen molar-refractivity contribution in [1.29, 1.82) is 0 Å². The Hall–Kier alpha value is -2.34. The van der Waals surface area contributed by atoms with E-state index in [0.717, 1.165) is 12.0 Å². The van der Waals surface area contributed by atoms with E-state index in [-0.39, 0.29) is 10.8 Å². The molecule has 2 N–H and O–H groups in total. The van der Waals surface area contributed by atoms with E-state index >= 15 is 0 Å². The number of nitrogens with one attached hydrogen (secondary N) is 2. The number of anilines is 2. The van der Waals surface area contributed by atoms with Crippen molar-refractivity contribution in [3.05, 3.63) is 53.6 Å². The van der Waals surface area contributed by atoms with E-state index in [0.29, 0.717) is 30.1 Å². The molecule has 0 bridgehead atoms. The van der Waals surface area contributed by atoms with Gasteiger partial charge in [-0.15, -0.1) is 0 Å². The van der Waals surface area contributed by atoms with Gasteiger partial charge in [-0.05, 0) is 60.2 Å². The van der Waals surface area contributed by atoms with Crippen molar-refractivity contribution in [3.8, 4) is 0 Å². The van der Waals surface area contributed by atoms with Gasteiger partial charge < -0.3 is 5.32 Å². The largest absolute Gasteiger partial charge is 0.326 e. The zero-order valence-electron chi connectivity index (χ0n) is 14.4. The first-order chi connectivity index (χ1) is 11.9. The first kappa shape index (κ1) is 17.5. The molecule has 1 amide bonds. The van der Waals surface area contributed by atoms with E-state index in [1.165, 1.54) is 11.6 Å². The summed E-state index contributed by atoms with van der Waals surface area (Å²) in [6.07, 6.45) is 1.96. The predicted octanol–water partition coefficient (Wildman–Crippen LogP) is 3.89. The summed E-state index contributed by atoms with van der Waals surface area (Å²) < 4.78 is 27.9. The quantitative estimate of drug-likeness (QED) is 0.851. The molecule has 1 aliphatic rings. The molecule has 0 radical (unpaired) electrons. The lowest BCUT2D eigenvalue weighted by Crippen LogP contribution is -2.20. The smallest absolute Gasteiger partial charge is 0.261 e. The Bertz CT molecular complexity index is 889. The van der Waals surface area contributed by atoms with Crippen LogP contribution in [0.15, 0.2) is 47.4 Å². The molecule has 0 aliphatic carbocycles. The van der Waals surface area contributed by atoms with E-state index in [1.54, 1.807) is 24.3 Å². The molecule has 6 heteroatoms. The molecule has 132 valence electrons. The van der Waals surface area contributed by atoms with Gasteiger partial charge in [0.05, 0.1) is 4.90 Å². The van der Waals surface area contributed by atoms with Crippen LogP contribution in [0.25, 0.3) is 0 Å². The van der Waals surface area contributed by atoms with Crippen LogP contribution >= 0.6 is 0 Å². The Morgan fingerprint density at radius 2 is 1.84 bits per heavy atom. The number of amides is 1. The Kier molecular flexibility index (Phi) is 4.81. The van der Waals surface area contributed by atoms with Crippen LogP contribution in [0.2, 0.25) is 0 Å². The molecular weight excluding hydrogens is 336 g/mol. The SMILES string of the molecule is CC[C@@H](C)c1ccc(NS(=O)(=O)c2ccc3c(c2)CCC(=O)N3)cc1. The van der Waals surface area contributed by atoms with E-state index in [4.69, 9.17) is 0 Å². The Morgan fingerprint density at radius 3 is 2.52 bits per heavy atom. The number of hydrogen-bond acceptors (Lipinski definition) is 3. The van der Waals surface area contributed by atoms with Gasteiger partial charge in [0.2, 0.25) is 5.91 Å². The van der Waals surface area contributed by atoms with E-state index in [2.05, 4.69) is 23.9 Å². The number of sulfonamides is 1. The number of hydrogen-bond donors (Lipinski definition) is 2. The minimum absolute atomic E-state index is 0.0392. The fraction of sp³-hybridized carbons (Fsp3) is 0.316. The van der Waals surface area contributed by atoms with Crippen LogP contribution in [-0.4, -0.2) is 14.3 Å². The molecule has 2 aromatic carbocycles. The van der Waals surface area contributed by atoms with Gasteiger partial charge in [0.25, 0.3) is 10.0 Å². The van der Waals surface area contributed by atoms with E-state index in [9.17, 15) is 13.2 Å². The van der Waals surface area contributed by atoms with Gasteiger partial charge in [0.1, 0.15) is 0 Å². The highest BCUT2D eigenvalue weighted by atomic mass is 32.2. The van der Waals surface area contributed by atoms with Crippen molar-refractivity contribution in [1.82, 2.24) is 0 Å². The number of rotatable bonds is 5. The summed E-state index contributed by atoms with van der Waals surface area (Å²) in [6, 6.07) is 12.3. The number of benzene rings is 2. The molecule has 0 saturated carbocycles. The number of fused-ring (bicyclic) bond motifs is 1. The summed E-state index contributed by atoms with van der Waals surface area (Å²) in [5.74, 6) is 0.407. The summed E-state index contributed by atoms with van der Waals surface area (Å²) in [5, 5.41) is 2.76. The molecule has 5 nitrogen and oxygen atoms in total. The number of aryl methyl sites for hydroxylation is 1. The van der Waals surface area contributed by atoms with Gasteiger partial charge in [-0.25, -0.2) is 8.42 Å². The zero-order chi connectivity index (χ0) is 18.0. The highest BCUT2D eigenvalue weighted by Crippen LogP contribution is 2.27. The lowest BCUT2D eigenvalue weighted by Gasteiger charge is -2.18. The summed E-state index contributed by atoms with van der Waals surface area (Å²) in [6.45, 7) is 4.27. The second kappa shape index (κ2) is 6.88. The molecule has 0 aromatic heterocycles. The van der Waals surface area contributed by atoms with Crippen molar-refractivity contribution in [2.45, 2.75) is 43.9 Å². The predicted molar refractivity (Wildman–Crippen MR) is 99.3 cm³/mol. The molecule has 1 heterocycles. The van der Waals surface area contributed by atoms with Gasteiger partial charge in [0, 0.05) is 17.8 Å². The molecule has 25 heavy (non-hydrogen) atoms. The fourth-order valence-corrected chi connectivity index (χ4v) is 3.97. The average Bonchev–Trinajstić information content (AvgIpc) is 2.60. The Labute approximate surface area is 148 Å². The van der Waals surface area contributed by atoms with Crippen LogP contribution in [0.1, 0.15) is 43.7 Å². The second-order valence-corrected chi connectivity index (χ2v) is 8.09. The fourth-order valence-electron chi connectivity index (χ4n) is 2.86. The number of carbonyl (C=O) groups is 1. The standard InChI is InChI=1S/C19H22N2O3S/c1-3-13(2)14-4-7-16(8-5-14)21-25(23,24)17-9-10-18-15(12-17)6-11-19(22)20-18/h4-5,7-10,12-13,21H,3,6,11H2,1-2H3,(H,20,22)/t13-/m1/s1. The maximum absolute atomic E-state index is 12.6. The second-order valence-electron chi connectivity index (χ2n) is 6.40. The summed E-state index contributed by atoms with van der Waals surface area (Å²) >= 11 is 0. The zero-order valence-corrected chi connectivity index (χ0v) is 15.2. The summed E-state index contributed by atoms with van der Waals surface area (Å²) in [5.41, 5.74) is 3.26. The maximum atomic E-state index is 12.6. The van der Waals surface area contributed by atoms with Crippen molar-refractivity contribution < 1.29 is 13.2 Å². The van der Waals surface area contributed by atoms with Crippen LogP contribution in [0.5, 0.6) is 0 Å². The summed E-state index contributed by atoms with van der Waals surface area (Å²) in [7, 11) is -3.66. The van der Waals surface area contributed by atoms with Gasteiger partial charge in [-0.1, -0.05) is 26.0 Å². The van der Waals surface area contributed by atoms with Gasteiger partial charge >= 0.3 is 0 Å². The molecule has 2 aromatic rings. The van der Waals surface area contributed by atoms with Crippen molar-refractivity contribution in [2.24, 2.45) is 0 Å². The Balaban J connectivity index is 1.81. The van der Waals surface area contributed by atoms with Crippen molar-refractivity contribution in [2.75, 3.05) is 10.0 Å². The van der Waals surface area contributed by atoms with Crippen LogP contribution in [-0.2, 0) is 21.2 Å². The Morgan fingerprint density at radius 1 is 1.12 bits per heavy atom. The third kappa shape index (κ3) is 3.85. The minimum Gasteiger partial charge on any atom is -0.326 e. The lowest BCUT2D eigenvalue weighted by atomic mass is 9.99. The van der Waals surface area contributed by atoms with Crippen LogP contribution in [0, 0.1) is 0 Å². The molecule has 3 rings (SSSR count). The minimum atomic E-state index is -3.66. The lowest BCUT2D eigenvalue weighted by molar-refractivity contribution is -0.116. The molecule has 0 saturated heterocycles. The maximum Gasteiger partial charge on any atom is 0.261 e. The molecular formula is C19H22N2O3S. The van der Waals surface area contributed by atoms with Gasteiger partial charge in [-0.3, -0.25) is 9.52 Å². The normalized spacial score (nSPS) is 15.2. The van der Waals surface area contributed by atoms with Gasteiger partial charge in [0.15, 0.2) is 0 Å². The van der Waals surface area contributed by atoms with Gasteiger partial charge in [-0.2, -0.15) is 0 Å².